The number of rotatable bonds is 8. The Morgan fingerprint density at radius 2 is 1.88 bits per heavy atom. The molecule has 4 amide bonds. The summed E-state index contributed by atoms with van der Waals surface area (Å²) in [5, 5.41) is 5.40. The molecule has 2 aliphatic rings. The number of benzene rings is 2. The lowest BCUT2D eigenvalue weighted by molar-refractivity contribution is -0.128. The molecule has 168 valence electrons. The van der Waals surface area contributed by atoms with E-state index in [4.69, 9.17) is 18.9 Å². The van der Waals surface area contributed by atoms with Gasteiger partial charge in [-0.1, -0.05) is 6.07 Å². The maximum atomic E-state index is 12.7. The predicted octanol–water partition coefficient (Wildman–Crippen LogP) is 2.27. The smallest absolute Gasteiger partial charge is 0.325 e. The van der Waals surface area contributed by atoms with E-state index in [1.807, 2.05) is 0 Å². The van der Waals surface area contributed by atoms with Crippen LogP contribution < -0.4 is 29.6 Å². The zero-order chi connectivity index (χ0) is 22.7. The molecule has 0 aliphatic carbocycles. The average Bonchev–Trinajstić information content (AvgIpc) is 3.37. The number of amides is 4. The van der Waals surface area contributed by atoms with Crippen molar-refractivity contribution >= 4 is 23.5 Å². The van der Waals surface area contributed by atoms with Crippen molar-refractivity contribution in [1.82, 2.24) is 10.2 Å². The van der Waals surface area contributed by atoms with Gasteiger partial charge in [0, 0.05) is 18.2 Å². The van der Waals surface area contributed by atoms with Crippen LogP contribution >= 0.6 is 0 Å². The number of imide groups is 1. The molecule has 0 aromatic heterocycles. The van der Waals surface area contributed by atoms with Crippen LogP contribution in [0.1, 0.15) is 18.4 Å². The van der Waals surface area contributed by atoms with Gasteiger partial charge in [-0.15, -0.1) is 0 Å². The van der Waals surface area contributed by atoms with Gasteiger partial charge < -0.3 is 29.6 Å². The number of anilines is 1. The minimum absolute atomic E-state index is 0.0584. The molecule has 2 heterocycles. The van der Waals surface area contributed by atoms with Crippen LogP contribution in [-0.2, 0) is 16.1 Å². The van der Waals surface area contributed by atoms with E-state index in [1.54, 1.807) is 36.4 Å². The second-order valence-corrected chi connectivity index (χ2v) is 7.27. The first-order valence-corrected chi connectivity index (χ1v) is 10.0. The van der Waals surface area contributed by atoms with Gasteiger partial charge in [-0.2, -0.15) is 0 Å². The lowest BCUT2D eigenvalue weighted by atomic mass is 10.1. The zero-order valence-corrected chi connectivity index (χ0v) is 17.7. The molecule has 2 aliphatic heterocycles. The molecule has 0 saturated carbocycles. The quantitative estimate of drug-likeness (QED) is 0.604. The number of urea groups is 1. The van der Waals surface area contributed by atoms with Gasteiger partial charge >= 0.3 is 6.03 Å². The SMILES string of the molecule is COc1ccc(NC(=O)CC[C@H]2NC(=O)N(Cc3ccc4c(c3)OCO4)C2=O)cc1OC. The number of hydrogen-bond donors (Lipinski definition) is 2. The minimum Gasteiger partial charge on any atom is -0.493 e. The number of fused-ring (bicyclic) bond motifs is 1. The summed E-state index contributed by atoms with van der Waals surface area (Å²) in [7, 11) is 3.03. The molecular formula is C22H23N3O7. The third-order valence-electron chi connectivity index (χ3n) is 5.21. The molecule has 32 heavy (non-hydrogen) atoms. The summed E-state index contributed by atoms with van der Waals surface area (Å²) in [5.74, 6) is 1.59. The Labute approximate surface area is 184 Å². The second-order valence-electron chi connectivity index (χ2n) is 7.27. The Morgan fingerprint density at radius 1 is 1.09 bits per heavy atom. The fraction of sp³-hybridized carbons (Fsp3) is 0.318. The van der Waals surface area contributed by atoms with Crippen molar-refractivity contribution in [3.63, 3.8) is 0 Å². The van der Waals surface area contributed by atoms with Gasteiger partial charge in [0.15, 0.2) is 23.0 Å². The molecule has 4 rings (SSSR count). The van der Waals surface area contributed by atoms with Crippen LogP contribution in [0.4, 0.5) is 10.5 Å². The van der Waals surface area contributed by atoms with E-state index in [0.29, 0.717) is 28.7 Å². The Bertz CT molecular complexity index is 1060. The zero-order valence-electron chi connectivity index (χ0n) is 17.7. The maximum Gasteiger partial charge on any atom is 0.325 e. The largest absolute Gasteiger partial charge is 0.493 e. The van der Waals surface area contributed by atoms with Crippen LogP contribution in [0.25, 0.3) is 0 Å². The summed E-state index contributed by atoms with van der Waals surface area (Å²) in [4.78, 5) is 38.5. The third-order valence-corrected chi connectivity index (χ3v) is 5.21. The van der Waals surface area contributed by atoms with E-state index in [9.17, 15) is 14.4 Å². The van der Waals surface area contributed by atoms with Crippen molar-refractivity contribution in [3.8, 4) is 23.0 Å². The van der Waals surface area contributed by atoms with Crippen LogP contribution in [0.3, 0.4) is 0 Å². The molecule has 10 heteroatoms. The Balaban J connectivity index is 1.32. The third kappa shape index (κ3) is 4.39. The van der Waals surface area contributed by atoms with Crippen molar-refractivity contribution in [1.29, 1.82) is 0 Å². The summed E-state index contributed by atoms with van der Waals surface area (Å²) in [6, 6.07) is 9.03. The Morgan fingerprint density at radius 3 is 2.66 bits per heavy atom. The number of ether oxygens (including phenoxy) is 4. The molecule has 0 bridgehead atoms. The highest BCUT2D eigenvalue weighted by Gasteiger charge is 2.38. The van der Waals surface area contributed by atoms with Crippen LogP contribution in [-0.4, -0.2) is 49.8 Å². The average molecular weight is 441 g/mol. The highest BCUT2D eigenvalue weighted by Crippen LogP contribution is 2.33. The molecule has 2 N–H and O–H groups in total. The molecule has 10 nitrogen and oxygen atoms in total. The van der Waals surface area contributed by atoms with Gasteiger partial charge in [-0.3, -0.25) is 14.5 Å². The molecule has 1 atom stereocenters. The van der Waals surface area contributed by atoms with Crippen LogP contribution in [0.5, 0.6) is 23.0 Å². The van der Waals surface area contributed by atoms with Crippen LogP contribution in [0.2, 0.25) is 0 Å². The summed E-state index contributed by atoms with van der Waals surface area (Å²) < 4.78 is 21.0. The Kier molecular flexibility index (Phi) is 6.02. The van der Waals surface area contributed by atoms with Crippen molar-refractivity contribution in [2.24, 2.45) is 0 Å². The van der Waals surface area contributed by atoms with E-state index in [-0.39, 0.29) is 38.0 Å². The first-order valence-electron chi connectivity index (χ1n) is 10.0. The topological polar surface area (TPSA) is 115 Å². The molecule has 0 radical (unpaired) electrons. The molecule has 0 unspecified atom stereocenters. The van der Waals surface area contributed by atoms with Gasteiger partial charge in [-0.05, 0) is 36.2 Å². The second kappa shape index (κ2) is 9.04. The monoisotopic (exact) mass is 441 g/mol. The van der Waals surface area contributed by atoms with Gasteiger partial charge in [-0.25, -0.2) is 4.79 Å². The number of nitrogens with zero attached hydrogens (tertiary/aromatic N) is 1. The van der Waals surface area contributed by atoms with Gasteiger partial charge in [0.2, 0.25) is 12.7 Å². The number of methoxy groups -OCH3 is 2. The molecule has 2 aromatic rings. The number of carbonyl (C=O) groups excluding carboxylic acids is 3. The van der Waals surface area contributed by atoms with E-state index < -0.39 is 12.1 Å². The number of hydrogen-bond acceptors (Lipinski definition) is 7. The normalized spacial score (nSPS) is 16.7. The minimum atomic E-state index is -0.757. The summed E-state index contributed by atoms with van der Waals surface area (Å²) in [5.41, 5.74) is 1.28. The summed E-state index contributed by atoms with van der Waals surface area (Å²) in [6.07, 6.45) is 0.240. The van der Waals surface area contributed by atoms with E-state index in [1.165, 1.54) is 14.2 Å². The molecule has 1 fully saturated rings. The molecular weight excluding hydrogens is 418 g/mol. The van der Waals surface area contributed by atoms with Crippen molar-refractivity contribution in [2.45, 2.75) is 25.4 Å². The molecule has 1 saturated heterocycles. The van der Waals surface area contributed by atoms with E-state index in [0.717, 1.165) is 10.5 Å². The summed E-state index contributed by atoms with van der Waals surface area (Å²) in [6.45, 7) is 0.255. The van der Waals surface area contributed by atoms with Gasteiger partial charge in [0.05, 0.1) is 20.8 Å². The standard InChI is InChI=1S/C22H23N3O7/c1-29-16-7-4-14(10-18(16)30-2)23-20(26)8-5-15-21(27)25(22(28)24-15)11-13-3-6-17-19(9-13)32-12-31-17/h3-4,6-7,9-10,15H,5,8,11-12H2,1-2H3,(H,23,26)(H,24,28)/t15-/m1/s1. The Hall–Kier alpha value is -3.95. The van der Waals surface area contributed by atoms with Crippen LogP contribution in [0.15, 0.2) is 36.4 Å². The number of carbonyl (C=O) groups is 3. The lowest BCUT2D eigenvalue weighted by Gasteiger charge is -2.14. The molecule has 2 aromatic carbocycles. The first kappa shape index (κ1) is 21.3. The van der Waals surface area contributed by atoms with Crippen molar-refractivity contribution < 1.29 is 33.3 Å². The summed E-state index contributed by atoms with van der Waals surface area (Å²) >= 11 is 0. The van der Waals surface area contributed by atoms with Gasteiger partial charge in [0.1, 0.15) is 6.04 Å². The van der Waals surface area contributed by atoms with Crippen molar-refractivity contribution in [2.75, 3.05) is 26.3 Å². The fourth-order valence-corrected chi connectivity index (χ4v) is 3.56. The van der Waals surface area contributed by atoms with E-state index >= 15 is 0 Å². The van der Waals surface area contributed by atoms with Crippen molar-refractivity contribution in [3.05, 3.63) is 42.0 Å². The van der Waals surface area contributed by atoms with Crippen LogP contribution in [0, 0.1) is 0 Å². The molecule has 0 spiro atoms. The fourth-order valence-electron chi connectivity index (χ4n) is 3.56. The van der Waals surface area contributed by atoms with E-state index in [2.05, 4.69) is 10.6 Å². The van der Waals surface area contributed by atoms with Gasteiger partial charge in [0.25, 0.3) is 5.91 Å². The lowest BCUT2D eigenvalue weighted by Crippen LogP contribution is -2.31. The predicted molar refractivity (Wildman–Crippen MR) is 113 cm³/mol. The maximum absolute atomic E-state index is 12.7. The number of nitrogens with one attached hydrogen (secondary N) is 2. The highest BCUT2D eigenvalue weighted by molar-refractivity contribution is 6.04. The highest BCUT2D eigenvalue weighted by atomic mass is 16.7. The first-order chi connectivity index (χ1) is 15.5.